The summed E-state index contributed by atoms with van der Waals surface area (Å²) in [5.41, 5.74) is 0. The fraction of sp³-hybridized carbons (Fsp3) is 0.556. The van der Waals surface area contributed by atoms with Crippen LogP contribution in [0, 0.1) is 0 Å². The van der Waals surface area contributed by atoms with Gasteiger partial charge in [-0.1, -0.05) is 0 Å². The number of ether oxygens (including phenoxy) is 1. The highest BCUT2D eigenvalue weighted by molar-refractivity contribution is 7.80. The highest BCUT2D eigenvalue weighted by atomic mass is 32.1. The van der Waals surface area contributed by atoms with Crippen LogP contribution in [0.3, 0.4) is 0 Å². The second-order valence-corrected chi connectivity index (χ2v) is 3.37. The average Bonchev–Trinajstić information content (AvgIpc) is 2.71. The van der Waals surface area contributed by atoms with Crippen molar-refractivity contribution in [3.05, 3.63) is 18.2 Å². The van der Waals surface area contributed by atoms with Gasteiger partial charge in [-0.15, -0.1) is 0 Å². The molecule has 1 heterocycles. The standard InChI is InChI=1S/C9H16N4OS/c1-14-7-6-13-9(15)12-3-2-8-10-4-5-11-8/h4-5H,2-3,6-7H2,1H3,(H,10,11)(H2,12,13,15). The van der Waals surface area contributed by atoms with Gasteiger partial charge in [-0.2, -0.15) is 0 Å². The topological polar surface area (TPSA) is 62.0 Å². The first-order valence-corrected chi connectivity index (χ1v) is 5.22. The molecule has 5 nitrogen and oxygen atoms in total. The van der Waals surface area contributed by atoms with E-state index in [1.807, 2.05) is 6.20 Å². The predicted octanol–water partition coefficient (Wildman–Crippen LogP) is 0.0627. The van der Waals surface area contributed by atoms with Crippen LogP contribution in [-0.4, -0.2) is 41.9 Å². The van der Waals surface area contributed by atoms with Crippen molar-refractivity contribution >= 4 is 17.3 Å². The molecule has 0 saturated carbocycles. The lowest BCUT2D eigenvalue weighted by molar-refractivity contribution is 0.204. The number of nitrogens with zero attached hydrogens (tertiary/aromatic N) is 1. The number of thiocarbonyl (C=S) groups is 1. The van der Waals surface area contributed by atoms with Crippen LogP contribution in [-0.2, 0) is 11.2 Å². The highest BCUT2D eigenvalue weighted by Crippen LogP contribution is 1.87. The highest BCUT2D eigenvalue weighted by Gasteiger charge is 1.96. The molecule has 0 aliphatic carbocycles. The van der Waals surface area contributed by atoms with Gasteiger partial charge in [0.25, 0.3) is 0 Å². The first-order valence-electron chi connectivity index (χ1n) is 4.82. The molecule has 1 aromatic rings. The minimum Gasteiger partial charge on any atom is -0.383 e. The molecule has 6 heteroatoms. The van der Waals surface area contributed by atoms with Gasteiger partial charge in [-0.3, -0.25) is 0 Å². The third-order valence-corrected chi connectivity index (χ3v) is 2.08. The number of H-pyrrole nitrogens is 1. The van der Waals surface area contributed by atoms with Gasteiger partial charge in [0.2, 0.25) is 0 Å². The number of hydrogen-bond donors (Lipinski definition) is 3. The Kier molecular flexibility index (Phi) is 5.72. The average molecular weight is 228 g/mol. The summed E-state index contributed by atoms with van der Waals surface area (Å²) in [6.45, 7) is 2.15. The Morgan fingerprint density at radius 3 is 3.00 bits per heavy atom. The molecule has 0 aliphatic rings. The lowest BCUT2D eigenvalue weighted by Crippen LogP contribution is -2.38. The molecule has 1 rings (SSSR count). The Labute approximate surface area is 94.6 Å². The Morgan fingerprint density at radius 2 is 2.33 bits per heavy atom. The van der Waals surface area contributed by atoms with E-state index in [1.54, 1.807) is 13.3 Å². The smallest absolute Gasteiger partial charge is 0.166 e. The number of aromatic nitrogens is 2. The lowest BCUT2D eigenvalue weighted by atomic mass is 10.4. The molecule has 15 heavy (non-hydrogen) atoms. The van der Waals surface area contributed by atoms with Gasteiger partial charge in [0.1, 0.15) is 5.82 Å². The molecule has 3 N–H and O–H groups in total. The van der Waals surface area contributed by atoms with Crippen molar-refractivity contribution in [3.8, 4) is 0 Å². The second-order valence-electron chi connectivity index (χ2n) is 2.96. The minimum absolute atomic E-state index is 0.651. The van der Waals surface area contributed by atoms with E-state index in [2.05, 4.69) is 20.6 Å². The van der Waals surface area contributed by atoms with Crippen LogP contribution in [0.25, 0.3) is 0 Å². The molecule has 0 aliphatic heterocycles. The van der Waals surface area contributed by atoms with Gasteiger partial charge in [0.05, 0.1) is 6.61 Å². The number of rotatable bonds is 6. The van der Waals surface area contributed by atoms with Crippen LogP contribution in [0.5, 0.6) is 0 Å². The summed E-state index contributed by atoms with van der Waals surface area (Å²) in [6, 6.07) is 0. The molecule has 0 saturated heterocycles. The minimum atomic E-state index is 0.651. The molecular formula is C9H16N4OS. The van der Waals surface area contributed by atoms with Gasteiger partial charge < -0.3 is 20.4 Å². The van der Waals surface area contributed by atoms with E-state index in [-0.39, 0.29) is 0 Å². The van der Waals surface area contributed by atoms with Crippen LogP contribution in [0.1, 0.15) is 5.82 Å². The molecule has 0 fully saturated rings. The van der Waals surface area contributed by atoms with Crippen molar-refractivity contribution in [3.63, 3.8) is 0 Å². The monoisotopic (exact) mass is 228 g/mol. The molecular weight excluding hydrogens is 212 g/mol. The van der Waals surface area contributed by atoms with Gasteiger partial charge in [0, 0.05) is 39.0 Å². The van der Waals surface area contributed by atoms with Crippen LogP contribution in [0.2, 0.25) is 0 Å². The van der Waals surface area contributed by atoms with E-state index in [0.717, 1.165) is 25.3 Å². The Bertz CT molecular complexity index is 276. The van der Waals surface area contributed by atoms with Crippen molar-refractivity contribution in [1.82, 2.24) is 20.6 Å². The summed E-state index contributed by atoms with van der Waals surface area (Å²) < 4.78 is 4.89. The van der Waals surface area contributed by atoms with E-state index in [0.29, 0.717) is 11.7 Å². The molecule has 0 atom stereocenters. The molecule has 0 aromatic carbocycles. The maximum atomic E-state index is 5.05. The van der Waals surface area contributed by atoms with Crippen molar-refractivity contribution in [2.24, 2.45) is 0 Å². The summed E-state index contributed by atoms with van der Waals surface area (Å²) >= 11 is 5.05. The quantitative estimate of drug-likeness (QED) is 0.475. The van der Waals surface area contributed by atoms with Crippen LogP contribution >= 0.6 is 12.2 Å². The third kappa shape index (κ3) is 5.34. The maximum Gasteiger partial charge on any atom is 0.166 e. The molecule has 0 amide bonds. The van der Waals surface area contributed by atoms with E-state index in [1.165, 1.54) is 0 Å². The van der Waals surface area contributed by atoms with Gasteiger partial charge in [-0.25, -0.2) is 4.98 Å². The number of imidazole rings is 1. The molecule has 1 aromatic heterocycles. The molecule has 84 valence electrons. The predicted molar refractivity (Wildman–Crippen MR) is 62.8 cm³/mol. The lowest BCUT2D eigenvalue weighted by Gasteiger charge is -2.08. The normalized spacial score (nSPS) is 9.93. The second kappa shape index (κ2) is 7.19. The zero-order chi connectivity index (χ0) is 10.9. The zero-order valence-corrected chi connectivity index (χ0v) is 9.56. The molecule has 0 unspecified atom stereocenters. The number of aromatic amines is 1. The van der Waals surface area contributed by atoms with Crippen LogP contribution < -0.4 is 10.6 Å². The van der Waals surface area contributed by atoms with Gasteiger partial charge >= 0.3 is 0 Å². The van der Waals surface area contributed by atoms with Crippen molar-refractivity contribution < 1.29 is 4.74 Å². The van der Waals surface area contributed by atoms with E-state index in [4.69, 9.17) is 17.0 Å². The summed E-state index contributed by atoms with van der Waals surface area (Å²) in [5, 5.41) is 6.76. The van der Waals surface area contributed by atoms with Crippen molar-refractivity contribution in [2.45, 2.75) is 6.42 Å². The zero-order valence-electron chi connectivity index (χ0n) is 8.75. The summed E-state index contributed by atoms with van der Waals surface area (Å²) in [5.74, 6) is 0.960. The number of hydrogen-bond acceptors (Lipinski definition) is 3. The van der Waals surface area contributed by atoms with Gasteiger partial charge in [0.15, 0.2) is 5.11 Å². The largest absolute Gasteiger partial charge is 0.383 e. The molecule has 0 radical (unpaired) electrons. The Hall–Kier alpha value is -1.14. The number of nitrogens with one attached hydrogen (secondary N) is 3. The Morgan fingerprint density at radius 1 is 1.53 bits per heavy atom. The first kappa shape index (κ1) is 11.9. The summed E-state index contributed by atoms with van der Waals surface area (Å²) in [4.78, 5) is 7.14. The van der Waals surface area contributed by atoms with Crippen molar-refractivity contribution in [2.75, 3.05) is 26.8 Å². The van der Waals surface area contributed by atoms with Crippen LogP contribution in [0.4, 0.5) is 0 Å². The summed E-state index contributed by atoms with van der Waals surface area (Å²) in [6.07, 6.45) is 4.38. The Balaban J connectivity index is 2.02. The number of methoxy groups -OCH3 is 1. The van der Waals surface area contributed by atoms with Gasteiger partial charge in [-0.05, 0) is 12.2 Å². The van der Waals surface area contributed by atoms with Crippen molar-refractivity contribution in [1.29, 1.82) is 0 Å². The maximum absolute atomic E-state index is 5.05. The molecule has 0 bridgehead atoms. The first-order chi connectivity index (χ1) is 7.33. The molecule has 0 spiro atoms. The van der Waals surface area contributed by atoms with E-state index in [9.17, 15) is 0 Å². The fourth-order valence-electron chi connectivity index (χ4n) is 1.06. The van der Waals surface area contributed by atoms with E-state index >= 15 is 0 Å². The van der Waals surface area contributed by atoms with E-state index < -0.39 is 0 Å². The summed E-state index contributed by atoms with van der Waals surface area (Å²) in [7, 11) is 1.66. The van der Waals surface area contributed by atoms with Crippen LogP contribution in [0.15, 0.2) is 12.4 Å². The third-order valence-electron chi connectivity index (χ3n) is 1.79. The fourth-order valence-corrected chi connectivity index (χ4v) is 1.26. The SMILES string of the molecule is COCCNC(=S)NCCc1ncc[nH]1.